The summed E-state index contributed by atoms with van der Waals surface area (Å²) >= 11 is 0. The highest BCUT2D eigenvalue weighted by atomic mass is 16.1. The van der Waals surface area contributed by atoms with E-state index in [-0.39, 0.29) is 5.91 Å². The fourth-order valence-electron chi connectivity index (χ4n) is 2.76. The van der Waals surface area contributed by atoms with Crippen LogP contribution in [-0.4, -0.2) is 18.5 Å². The van der Waals surface area contributed by atoms with Crippen molar-refractivity contribution in [3.8, 4) is 0 Å². The Morgan fingerprint density at radius 1 is 1.00 bits per heavy atom. The van der Waals surface area contributed by atoms with Gasteiger partial charge in [-0.25, -0.2) is 0 Å². The zero-order valence-corrected chi connectivity index (χ0v) is 12.2. The highest BCUT2D eigenvalue weighted by Crippen LogP contribution is 2.16. The number of hydrogen-bond donors (Lipinski definition) is 2. The van der Waals surface area contributed by atoms with Gasteiger partial charge in [-0.2, -0.15) is 0 Å². The summed E-state index contributed by atoms with van der Waals surface area (Å²) in [4.78, 5) is 11.8. The maximum Gasteiger partial charge on any atom is 0.234 e. The Morgan fingerprint density at radius 2 is 1.65 bits per heavy atom. The lowest BCUT2D eigenvalue weighted by Crippen LogP contribution is -2.39. The van der Waals surface area contributed by atoms with Crippen molar-refractivity contribution in [2.75, 3.05) is 6.54 Å². The summed E-state index contributed by atoms with van der Waals surface area (Å²) in [6.07, 6.45) is 9.09. The molecule has 110 valence electrons. The summed E-state index contributed by atoms with van der Waals surface area (Å²) in [5.41, 5.74) is 1.15. The van der Waals surface area contributed by atoms with Crippen molar-refractivity contribution < 1.29 is 4.79 Å². The summed E-state index contributed by atoms with van der Waals surface area (Å²) in [6, 6.07) is 10.6. The number of hydrogen-bond acceptors (Lipinski definition) is 2. The molecule has 3 nitrogen and oxygen atoms in total. The van der Waals surface area contributed by atoms with E-state index in [4.69, 9.17) is 0 Å². The van der Waals surface area contributed by atoms with Crippen LogP contribution in [0, 0.1) is 0 Å². The van der Waals surface area contributed by atoms with E-state index in [0.717, 1.165) is 5.56 Å². The highest BCUT2D eigenvalue weighted by Gasteiger charge is 2.12. The molecule has 1 fully saturated rings. The monoisotopic (exact) mass is 274 g/mol. The smallest absolute Gasteiger partial charge is 0.234 e. The fraction of sp³-hybridized carbons (Fsp3) is 0.588. The first-order valence-electron chi connectivity index (χ1n) is 7.88. The van der Waals surface area contributed by atoms with Crippen molar-refractivity contribution in [1.82, 2.24) is 10.6 Å². The van der Waals surface area contributed by atoms with Crippen LogP contribution in [0.2, 0.25) is 0 Å². The molecule has 0 unspecified atom stereocenters. The standard InChI is InChI=1S/C17H26N2O/c20-17(19-13-15-9-5-4-6-10-15)14-18-16-11-7-2-1-3-8-12-16/h4-6,9-10,16,18H,1-3,7-8,11-14H2,(H,19,20). The number of carbonyl (C=O) groups excluding carboxylic acids is 1. The number of amides is 1. The first-order valence-corrected chi connectivity index (χ1v) is 7.88. The quantitative estimate of drug-likeness (QED) is 0.866. The molecule has 0 heterocycles. The highest BCUT2D eigenvalue weighted by molar-refractivity contribution is 5.78. The van der Waals surface area contributed by atoms with Crippen LogP contribution in [0.1, 0.15) is 50.5 Å². The van der Waals surface area contributed by atoms with E-state index in [1.807, 2.05) is 30.3 Å². The maximum absolute atomic E-state index is 11.8. The summed E-state index contributed by atoms with van der Waals surface area (Å²) in [7, 11) is 0. The van der Waals surface area contributed by atoms with Crippen molar-refractivity contribution in [3.63, 3.8) is 0 Å². The molecule has 0 spiro atoms. The molecule has 1 aromatic rings. The van der Waals surface area contributed by atoms with Crippen LogP contribution in [0.5, 0.6) is 0 Å². The minimum Gasteiger partial charge on any atom is -0.351 e. The van der Waals surface area contributed by atoms with Crippen LogP contribution in [-0.2, 0) is 11.3 Å². The van der Waals surface area contributed by atoms with E-state index < -0.39 is 0 Å². The third kappa shape index (κ3) is 5.74. The molecule has 0 aliphatic heterocycles. The third-order valence-electron chi connectivity index (χ3n) is 3.99. The second kappa shape index (κ2) is 8.75. The Labute approximate surface area is 122 Å². The molecular formula is C17H26N2O. The number of carbonyl (C=O) groups is 1. The molecule has 20 heavy (non-hydrogen) atoms. The van der Waals surface area contributed by atoms with E-state index in [1.165, 1.54) is 44.9 Å². The maximum atomic E-state index is 11.8. The molecule has 1 aliphatic carbocycles. The topological polar surface area (TPSA) is 41.1 Å². The third-order valence-corrected chi connectivity index (χ3v) is 3.99. The molecule has 1 saturated carbocycles. The van der Waals surface area contributed by atoms with Gasteiger partial charge in [0.05, 0.1) is 6.54 Å². The normalized spacial score (nSPS) is 17.2. The molecule has 0 saturated heterocycles. The Morgan fingerprint density at radius 3 is 2.35 bits per heavy atom. The lowest BCUT2D eigenvalue weighted by molar-refractivity contribution is -0.120. The largest absolute Gasteiger partial charge is 0.351 e. The number of benzene rings is 1. The summed E-state index contributed by atoms with van der Waals surface area (Å²) in [5.74, 6) is 0.0934. The van der Waals surface area contributed by atoms with Crippen molar-refractivity contribution in [3.05, 3.63) is 35.9 Å². The molecule has 3 heteroatoms. The van der Waals surface area contributed by atoms with Gasteiger partial charge in [0, 0.05) is 12.6 Å². The van der Waals surface area contributed by atoms with E-state index in [2.05, 4.69) is 10.6 Å². The van der Waals surface area contributed by atoms with Gasteiger partial charge in [0.2, 0.25) is 5.91 Å². The molecule has 2 rings (SSSR count). The lowest BCUT2D eigenvalue weighted by atomic mass is 9.97. The zero-order chi connectivity index (χ0) is 14.0. The molecular weight excluding hydrogens is 248 g/mol. The average molecular weight is 274 g/mol. The predicted molar refractivity (Wildman–Crippen MR) is 82.4 cm³/mol. The van der Waals surface area contributed by atoms with Gasteiger partial charge in [-0.15, -0.1) is 0 Å². The molecule has 0 aromatic heterocycles. The van der Waals surface area contributed by atoms with Crippen LogP contribution in [0.4, 0.5) is 0 Å². The van der Waals surface area contributed by atoms with Gasteiger partial charge >= 0.3 is 0 Å². The van der Waals surface area contributed by atoms with Crippen molar-refractivity contribution in [2.24, 2.45) is 0 Å². The Kier molecular flexibility index (Phi) is 6.58. The molecule has 2 N–H and O–H groups in total. The van der Waals surface area contributed by atoms with E-state index in [9.17, 15) is 4.79 Å². The van der Waals surface area contributed by atoms with Crippen LogP contribution in [0.25, 0.3) is 0 Å². The summed E-state index contributed by atoms with van der Waals surface area (Å²) in [6.45, 7) is 1.06. The average Bonchev–Trinajstić information content (AvgIpc) is 2.45. The van der Waals surface area contributed by atoms with Gasteiger partial charge in [0.1, 0.15) is 0 Å². The number of rotatable bonds is 5. The van der Waals surface area contributed by atoms with Crippen LogP contribution in [0.15, 0.2) is 30.3 Å². The summed E-state index contributed by atoms with van der Waals surface area (Å²) in [5, 5.41) is 6.38. The van der Waals surface area contributed by atoms with Gasteiger partial charge in [0.25, 0.3) is 0 Å². The minimum atomic E-state index is 0.0934. The Hall–Kier alpha value is -1.35. The van der Waals surface area contributed by atoms with Crippen molar-refractivity contribution in [1.29, 1.82) is 0 Å². The van der Waals surface area contributed by atoms with E-state index in [1.54, 1.807) is 0 Å². The van der Waals surface area contributed by atoms with Crippen LogP contribution < -0.4 is 10.6 Å². The second-order valence-corrected chi connectivity index (χ2v) is 5.69. The van der Waals surface area contributed by atoms with Gasteiger partial charge in [-0.1, -0.05) is 62.4 Å². The first kappa shape index (κ1) is 15.0. The van der Waals surface area contributed by atoms with Gasteiger partial charge in [-0.05, 0) is 18.4 Å². The summed E-state index contributed by atoms with van der Waals surface area (Å²) < 4.78 is 0. The molecule has 0 atom stereocenters. The molecule has 1 amide bonds. The molecule has 1 aliphatic rings. The van der Waals surface area contributed by atoms with Gasteiger partial charge < -0.3 is 10.6 Å². The molecule has 0 bridgehead atoms. The lowest BCUT2D eigenvalue weighted by Gasteiger charge is -2.20. The second-order valence-electron chi connectivity index (χ2n) is 5.69. The van der Waals surface area contributed by atoms with E-state index >= 15 is 0 Å². The Bertz CT molecular complexity index is 383. The number of nitrogens with one attached hydrogen (secondary N) is 2. The first-order chi connectivity index (χ1) is 9.84. The fourth-order valence-corrected chi connectivity index (χ4v) is 2.76. The van der Waals surface area contributed by atoms with Crippen LogP contribution in [0.3, 0.4) is 0 Å². The van der Waals surface area contributed by atoms with Gasteiger partial charge in [-0.3, -0.25) is 4.79 Å². The molecule has 1 aromatic carbocycles. The van der Waals surface area contributed by atoms with Gasteiger partial charge in [0.15, 0.2) is 0 Å². The van der Waals surface area contributed by atoms with Crippen LogP contribution >= 0.6 is 0 Å². The molecule has 0 radical (unpaired) electrons. The Balaban J connectivity index is 1.64. The van der Waals surface area contributed by atoms with Crippen molar-refractivity contribution >= 4 is 5.91 Å². The van der Waals surface area contributed by atoms with Crippen molar-refractivity contribution in [2.45, 2.75) is 57.5 Å². The zero-order valence-electron chi connectivity index (χ0n) is 12.2. The predicted octanol–water partition coefficient (Wildman–Crippen LogP) is 3.01. The SMILES string of the molecule is O=C(CNC1CCCCCCC1)NCc1ccccc1. The van der Waals surface area contributed by atoms with E-state index in [0.29, 0.717) is 19.1 Å². The minimum absolute atomic E-state index is 0.0934.